The van der Waals surface area contributed by atoms with E-state index >= 15 is 0 Å². The molecular formula is C27H36N2O4S. The van der Waals surface area contributed by atoms with Gasteiger partial charge in [0.25, 0.3) is 0 Å². The van der Waals surface area contributed by atoms with Crippen LogP contribution in [0.5, 0.6) is 0 Å². The van der Waals surface area contributed by atoms with E-state index in [1.165, 1.54) is 23.8 Å². The SMILES string of the molecule is COCCS(=O)(=O)Nc1cccc(C2(C(C)C)C3CN(CC4(O)Cc5ccccc5C4)CC32)c1. The van der Waals surface area contributed by atoms with Crippen molar-refractivity contribution in [2.45, 2.75) is 37.7 Å². The Morgan fingerprint density at radius 3 is 2.32 bits per heavy atom. The predicted octanol–water partition coefficient (Wildman–Crippen LogP) is 3.06. The van der Waals surface area contributed by atoms with E-state index in [2.05, 4.69) is 53.8 Å². The molecule has 0 bridgehead atoms. The first-order valence-electron chi connectivity index (χ1n) is 12.3. The normalized spacial score (nSPS) is 27.6. The lowest BCUT2D eigenvalue weighted by Crippen LogP contribution is -2.45. The molecule has 7 heteroatoms. The van der Waals surface area contributed by atoms with Gasteiger partial charge in [0.05, 0.1) is 18.0 Å². The Bertz CT molecular complexity index is 1130. The van der Waals surface area contributed by atoms with E-state index in [1.54, 1.807) is 0 Å². The summed E-state index contributed by atoms with van der Waals surface area (Å²) in [6.45, 7) is 7.39. The Morgan fingerprint density at radius 2 is 1.74 bits per heavy atom. The zero-order valence-corrected chi connectivity index (χ0v) is 21.1. The summed E-state index contributed by atoms with van der Waals surface area (Å²) in [6.07, 6.45) is 1.46. The predicted molar refractivity (Wildman–Crippen MR) is 134 cm³/mol. The van der Waals surface area contributed by atoms with Crippen LogP contribution in [0.1, 0.15) is 30.5 Å². The minimum atomic E-state index is -3.44. The second-order valence-corrected chi connectivity index (χ2v) is 12.7. The summed E-state index contributed by atoms with van der Waals surface area (Å²) in [6, 6.07) is 16.3. The number of sulfonamides is 1. The molecule has 6 nitrogen and oxygen atoms in total. The van der Waals surface area contributed by atoms with Gasteiger partial charge in [-0.3, -0.25) is 9.62 Å². The third-order valence-corrected chi connectivity index (χ3v) is 9.59. The number of benzene rings is 2. The van der Waals surface area contributed by atoms with Crippen LogP contribution >= 0.6 is 0 Å². The van der Waals surface area contributed by atoms with E-state index in [9.17, 15) is 13.5 Å². The van der Waals surface area contributed by atoms with Crippen LogP contribution in [-0.4, -0.2) is 63.1 Å². The van der Waals surface area contributed by atoms with Gasteiger partial charge >= 0.3 is 0 Å². The zero-order valence-electron chi connectivity index (χ0n) is 20.3. The molecular weight excluding hydrogens is 448 g/mol. The minimum Gasteiger partial charge on any atom is -0.388 e. The maximum atomic E-state index is 12.4. The van der Waals surface area contributed by atoms with Gasteiger partial charge in [-0.2, -0.15) is 0 Å². The lowest BCUT2D eigenvalue weighted by atomic mass is 9.80. The summed E-state index contributed by atoms with van der Waals surface area (Å²) in [7, 11) is -1.94. The highest BCUT2D eigenvalue weighted by Crippen LogP contribution is 2.67. The molecule has 184 valence electrons. The van der Waals surface area contributed by atoms with Gasteiger partial charge in [-0.1, -0.05) is 50.2 Å². The van der Waals surface area contributed by atoms with Crippen LogP contribution in [0.2, 0.25) is 0 Å². The quantitative estimate of drug-likeness (QED) is 0.572. The molecule has 2 fully saturated rings. The number of ether oxygens (including phenoxy) is 1. The van der Waals surface area contributed by atoms with Crippen LogP contribution in [0.4, 0.5) is 5.69 Å². The van der Waals surface area contributed by atoms with Crippen LogP contribution in [-0.2, 0) is 33.0 Å². The third-order valence-electron chi connectivity index (χ3n) is 8.34. The van der Waals surface area contributed by atoms with Gasteiger partial charge in [0, 0.05) is 50.7 Å². The first-order chi connectivity index (χ1) is 16.2. The van der Waals surface area contributed by atoms with Gasteiger partial charge in [0.1, 0.15) is 0 Å². The monoisotopic (exact) mass is 484 g/mol. The van der Waals surface area contributed by atoms with Crippen LogP contribution in [0.3, 0.4) is 0 Å². The van der Waals surface area contributed by atoms with Gasteiger partial charge in [-0.15, -0.1) is 0 Å². The molecule has 0 aromatic heterocycles. The van der Waals surface area contributed by atoms with E-state index in [0.717, 1.165) is 25.9 Å². The first-order valence-corrected chi connectivity index (χ1v) is 13.9. The molecule has 2 unspecified atom stereocenters. The first kappa shape index (κ1) is 23.8. The average Bonchev–Trinajstić information content (AvgIpc) is 3.03. The molecule has 2 aromatic carbocycles. The number of rotatable bonds is 9. The molecule has 2 N–H and O–H groups in total. The van der Waals surface area contributed by atoms with Crippen molar-refractivity contribution in [3.05, 3.63) is 65.2 Å². The fourth-order valence-electron chi connectivity index (χ4n) is 6.98. The topological polar surface area (TPSA) is 78.9 Å². The maximum Gasteiger partial charge on any atom is 0.234 e. The molecule has 0 radical (unpaired) electrons. The second-order valence-electron chi connectivity index (χ2n) is 10.8. The number of methoxy groups -OCH3 is 1. The van der Waals surface area contributed by atoms with Crippen LogP contribution in [0.15, 0.2) is 48.5 Å². The Kier molecular flexibility index (Phi) is 6.04. The molecule has 1 saturated heterocycles. The summed E-state index contributed by atoms with van der Waals surface area (Å²) >= 11 is 0. The van der Waals surface area contributed by atoms with E-state index in [-0.39, 0.29) is 17.8 Å². The number of fused-ring (bicyclic) bond motifs is 2. The van der Waals surface area contributed by atoms with Crippen molar-refractivity contribution in [1.29, 1.82) is 0 Å². The molecule has 5 rings (SSSR count). The van der Waals surface area contributed by atoms with Crippen molar-refractivity contribution >= 4 is 15.7 Å². The summed E-state index contributed by atoms with van der Waals surface area (Å²) in [4.78, 5) is 2.44. The van der Waals surface area contributed by atoms with Crippen LogP contribution in [0.25, 0.3) is 0 Å². The number of anilines is 1. The molecule has 34 heavy (non-hydrogen) atoms. The number of nitrogens with zero attached hydrogens (tertiary/aromatic N) is 1. The molecule has 1 aliphatic heterocycles. The van der Waals surface area contributed by atoms with Crippen LogP contribution in [0, 0.1) is 17.8 Å². The number of likely N-dealkylation sites (tertiary alicyclic amines) is 1. The number of piperidine rings is 1. The number of nitrogens with one attached hydrogen (secondary N) is 1. The van der Waals surface area contributed by atoms with Crippen molar-refractivity contribution in [1.82, 2.24) is 4.90 Å². The van der Waals surface area contributed by atoms with Crippen molar-refractivity contribution in [2.75, 3.05) is 43.8 Å². The highest BCUT2D eigenvalue weighted by atomic mass is 32.2. The van der Waals surface area contributed by atoms with E-state index in [4.69, 9.17) is 4.74 Å². The van der Waals surface area contributed by atoms with Crippen LogP contribution < -0.4 is 4.72 Å². The van der Waals surface area contributed by atoms with Gasteiger partial charge < -0.3 is 9.84 Å². The van der Waals surface area contributed by atoms with Crippen molar-refractivity contribution in [3.8, 4) is 0 Å². The maximum absolute atomic E-state index is 12.4. The summed E-state index contributed by atoms with van der Waals surface area (Å²) in [5.41, 5.74) is 3.77. The van der Waals surface area contributed by atoms with Gasteiger partial charge in [-0.25, -0.2) is 8.42 Å². The standard InChI is InChI=1S/C27H36N2O4S/c1-19(2)27(22-9-6-10-23(13-22)28-34(31,32)12-11-33-3)24-16-29(17-25(24)27)18-26(30)14-20-7-4-5-8-21(20)15-26/h4-10,13,19,24-25,28,30H,11-12,14-18H2,1-3H3. The molecule has 2 aliphatic carbocycles. The van der Waals surface area contributed by atoms with E-state index in [0.29, 0.717) is 30.0 Å². The lowest BCUT2D eigenvalue weighted by molar-refractivity contribution is 0.0132. The Hall–Kier alpha value is -1.93. The summed E-state index contributed by atoms with van der Waals surface area (Å²) < 4.78 is 32.4. The van der Waals surface area contributed by atoms with Gasteiger partial charge in [-0.05, 0) is 46.6 Å². The summed E-state index contributed by atoms with van der Waals surface area (Å²) in [5.74, 6) is 1.44. The zero-order chi connectivity index (χ0) is 24.1. The third kappa shape index (κ3) is 4.17. The fourth-order valence-corrected chi connectivity index (χ4v) is 7.95. The number of hydrogen-bond donors (Lipinski definition) is 2. The molecule has 0 amide bonds. The van der Waals surface area contributed by atoms with E-state index < -0.39 is 15.6 Å². The number of aliphatic hydroxyl groups is 1. The number of hydrogen-bond acceptors (Lipinski definition) is 5. The molecule has 2 atom stereocenters. The van der Waals surface area contributed by atoms with Gasteiger partial charge in [0.15, 0.2) is 0 Å². The fraction of sp³-hybridized carbons (Fsp3) is 0.556. The largest absolute Gasteiger partial charge is 0.388 e. The Morgan fingerprint density at radius 1 is 1.09 bits per heavy atom. The molecule has 0 spiro atoms. The average molecular weight is 485 g/mol. The smallest absolute Gasteiger partial charge is 0.234 e. The molecule has 3 aliphatic rings. The van der Waals surface area contributed by atoms with Crippen molar-refractivity contribution in [3.63, 3.8) is 0 Å². The molecule has 2 aromatic rings. The second kappa shape index (κ2) is 8.63. The highest BCUT2D eigenvalue weighted by Gasteiger charge is 2.69. The molecule has 1 heterocycles. The minimum absolute atomic E-state index is 0.0595. The van der Waals surface area contributed by atoms with Crippen molar-refractivity contribution < 1.29 is 18.3 Å². The highest BCUT2D eigenvalue weighted by molar-refractivity contribution is 7.92. The number of β-amino-alcohol motifs (C(OH)–C–C–N with tert-alkyl or cyclic N) is 1. The summed E-state index contributed by atoms with van der Waals surface area (Å²) in [5, 5.41) is 11.3. The van der Waals surface area contributed by atoms with Gasteiger partial charge in [0.2, 0.25) is 10.0 Å². The Labute approximate surface area is 203 Å². The Balaban J connectivity index is 1.28. The molecule has 1 saturated carbocycles. The lowest BCUT2D eigenvalue weighted by Gasteiger charge is -2.34. The van der Waals surface area contributed by atoms with E-state index in [1.807, 2.05) is 18.2 Å². The van der Waals surface area contributed by atoms with Crippen molar-refractivity contribution in [2.24, 2.45) is 17.8 Å².